The number of halogens is 3. The number of allylic oxidation sites excluding steroid dienone is 1. The highest BCUT2D eigenvalue weighted by Gasteiger charge is 2.15. The first-order chi connectivity index (χ1) is 13.5. The van der Waals surface area contributed by atoms with Gasteiger partial charge in [-0.25, -0.2) is 13.2 Å². The molecule has 0 aliphatic rings. The fraction of sp³-hybridized carbons (Fsp3) is 0.360. The summed E-state index contributed by atoms with van der Waals surface area (Å²) in [6.07, 6.45) is 2.32. The van der Waals surface area contributed by atoms with Crippen molar-refractivity contribution in [2.45, 2.75) is 53.1 Å². The van der Waals surface area contributed by atoms with Crippen LogP contribution in [-0.2, 0) is 12.8 Å². The van der Waals surface area contributed by atoms with Crippen molar-refractivity contribution in [1.29, 1.82) is 0 Å². The van der Waals surface area contributed by atoms with E-state index in [1.807, 2.05) is 24.3 Å². The van der Waals surface area contributed by atoms with Crippen molar-refractivity contribution in [2.75, 3.05) is 5.32 Å². The Bertz CT molecular complexity index is 784. The van der Waals surface area contributed by atoms with E-state index in [4.69, 9.17) is 0 Å². The van der Waals surface area contributed by atoms with Crippen LogP contribution in [0.2, 0.25) is 0 Å². The van der Waals surface area contributed by atoms with Crippen LogP contribution in [0.3, 0.4) is 0 Å². The van der Waals surface area contributed by atoms with Crippen molar-refractivity contribution >= 4 is 5.69 Å². The van der Waals surface area contributed by atoms with Gasteiger partial charge in [-0.05, 0) is 61.2 Å². The zero-order valence-corrected chi connectivity index (χ0v) is 17.9. The maximum atomic E-state index is 13.4. The zero-order chi connectivity index (χ0) is 22.0. The minimum atomic E-state index is -0.793. The molecule has 29 heavy (non-hydrogen) atoms. The van der Waals surface area contributed by atoms with E-state index in [0.29, 0.717) is 6.42 Å². The van der Waals surface area contributed by atoms with Gasteiger partial charge in [0, 0.05) is 17.7 Å². The molecule has 0 aliphatic heterocycles. The Balaban J connectivity index is 0.000000296. The van der Waals surface area contributed by atoms with E-state index in [0.717, 1.165) is 23.2 Å². The van der Waals surface area contributed by atoms with Crippen LogP contribution in [0, 0.1) is 17.0 Å². The molecule has 1 nitrogen and oxygen atoms in total. The number of alkyl halides is 1. The standard InChI is InChI=1S/C14H18F2.C11H14FN/c1-10(9-14(2,3)4)8-11-12(15)6-5-7-13(11)16;1-3-13-11-6-4-5-10(8-11)7-9(2)12/h5-7H,1,8-9H2,2-4H3;3-6,8-9,13H,1,7H2,2H3. The van der Waals surface area contributed by atoms with Gasteiger partial charge in [-0.1, -0.05) is 57.7 Å². The lowest BCUT2D eigenvalue weighted by molar-refractivity contribution is 0.360. The highest BCUT2D eigenvalue weighted by Crippen LogP contribution is 2.26. The highest BCUT2D eigenvalue weighted by molar-refractivity contribution is 5.47. The minimum absolute atomic E-state index is 0.0960. The summed E-state index contributed by atoms with van der Waals surface area (Å²) in [6.45, 7) is 15.2. The van der Waals surface area contributed by atoms with Crippen molar-refractivity contribution < 1.29 is 13.2 Å². The third-order valence-electron chi connectivity index (χ3n) is 3.98. The van der Waals surface area contributed by atoms with Gasteiger partial charge in [0.2, 0.25) is 0 Å². The van der Waals surface area contributed by atoms with Gasteiger partial charge in [0.1, 0.15) is 17.8 Å². The van der Waals surface area contributed by atoms with Crippen LogP contribution in [-0.4, -0.2) is 6.17 Å². The topological polar surface area (TPSA) is 12.0 Å². The van der Waals surface area contributed by atoms with E-state index < -0.39 is 17.8 Å². The molecule has 0 saturated carbocycles. The molecular weight excluding hydrogens is 371 g/mol. The summed E-state index contributed by atoms with van der Waals surface area (Å²) in [4.78, 5) is 0. The van der Waals surface area contributed by atoms with Crippen LogP contribution in [0.25, 0.3) is 0 Å². The normalized spacial score (nSPS) is 11.8. The van der Waals surface area contributed by atoms with Gasteiger partial charge in [0.05, 0.1) is 0 Å². The predicted molar refractivity (Wildman–Crippen MR) is 118 cm³/mol. The summed E-state index contributed by atoms with van der Waals surface area (Å²) in [5, 5.41) is 2.96. The van der Waals surface area contributed by atoms with Gasteiger partial charge in [0.25, 0.3) is 0 Å². The van der Waals surface area contributed by atoms with Gasteiger partial charge >= 0.3 is 0 Å². The Kier molecular flexibility index (Phi) is 9.73. The lowest BCUT2D eigenvalue weighted by Crippen LogP contribution is -2.08. The van der Waals surface area contributed by atoms with E-state index in [-0.39, 0.29) is 17.4 Å². The third kappa shape index (κ3) is 10.0. The van der Waals surface area contributed by atoms with Gasteiger partial charge in [-0.15, -0.1) is 0 Å². The predicted octanol–water partition coefficient (Wildman–Crippen LogP) is 7.64. The monoisotopic (exact) mass is 403 g/mol. The number of hydrogen-bond acceptors (Lipinski definition) is 1. The summed E-state index contributed by atoms with van der Waals surface area (Å²) < 4.78 is 39.4. The quantitative estimate of drug-likeness (QED) is 0.468. The van der Waals surface area contributed by atoms with Crippen LogP contribution in [0.15, 0.2) is 67.4 Å². The fourth-order valence-electron chi connectivity index (χ4n) is 2.99. The maximum Gasteiger partial charge on any atom is 0.129 e. The van der Waals surface area contributed by atoms with Crippen molar-refractivity contribution in [3.05, 3.63) is 90.2 Å². The van der Waals surface area contributed by atoms with Gasteiger partial charge in [0.15, 0.2) is 0 Å². The molecule has 0 amide bonds. The second kappa shape index (κ2) is 11.5. The van der Waals surface area contributed by atoms with E-state index >= 15 is 0 Å². The minimum Gasteiger partial charge on any atom is -0.362 e. The number of benzene rings is 2. The molecule has 158 valence electrons. The van der Waals surface area contributed by atoms with Crippen LogP contribution in [0.4, 0.5) is 18.9 Å². The lowest BCUT2D eigenvalue weighted by Gasteiger charge is -2.20. The van der Waals surface area contributed by atoms with E-state index in [9.17, 15) is 13.2 Å². The molecule has 0 fully saturated rings. The molecule has 2 aromatic rings. The van der Waals surface area contributed by atoms with Gasteiger partial charge in [-0.3, -0.25) is 0 Å². The second-order valence-electron chi connectivity index (χ2n) is 8.40. The average Bonchev–Trinajstić information content (AvgIpc) is 2.57. The highest BCUT2D eigenvalue weighted by atomic mass is 19.1. The van der Waals surface area contributed by atoms with Crippen molar-refractivity contribution in [2.24, 2.45) is 5.41 Å². The molecule has 0 spiro atoms. The number of nitrogens with one attached hydrogen (secondary N) is 1. The average molecular weight is 404 g/mol. The molecule has 2 rings (SSSR count). The first kappa shape index (κ1) is 24.5. The first-order valence-corrected chi connectivity index (χ1v) is 9.72. The van der Waals surface area contributed by atoms with E-state index in [1.54, 1.807) is 13.1 Å². The molecule has 4 heteroatoms. The van der Waals surface area contributed by atoms with Crippen molar-refractivity contribution in [3.63, 3.8) is 0 Å². The van der Waals surface area contributed by atoms with E-state index in [2.05, 4.69) is 39.2 Å². The molecule has 0 heterocycles. The number of hydrogen-bond donors (Lipinski definition) is 1. The molecule has 1 atom stereocenters. The Labute approximate surface area is 173 Å². The largest absolute Gasteiger partial charge is 0.362 e. The van der Waals surface area contributed by atoms with Crippen LogP contribution < -0.4 is 5.32 Å². The summed E-state index contributed by atoms with van der Waals surface area (Å²) >= 11 is 0. The molecule has 1 N–H and O–H groups in total. The molecule has 2 aromatic carbocycles. The molecule has 0 saturated heterocycles. The first-order valence-electron chi connectivity index (χ1n) is 9.72. The molecule has 0 bridgehead atoms. The second-order valence-corrected chi connectivity index (χ2v) is 8.40. The Morgan fingerprint density at radius 1 is 1.10 bits per heavy atom. The third-order valence-corrected chi connectivity index (χ3v) is 3.98. The zero-order valence-electron chi connectivity index (χ0n) is 17.9. The Morgan fingerprint density at radius 3 is 2.21 bits per heavy atom. The number of anilines is 1. The smallest absolute Gasteiger partial charge is 0.129 e. The molecule has 0 aromatic heterocycles. The van der Waals surface area contributed by atoms with Crippen molar-refractivity contribution in [3.8, 4) is 0 Å². The molecule has 0 aliphatic carbocycles. The van der Waals surface area contributed by atoms with Crippen LogP contribution in [0.1, 0.15) is 45.2 Å². The number of rotatable bonds is 7. The van der Waals surface area contributed by atoms with Gasteiger partial charge in [-0.2, -0.15) is 0 Å². The maximum absolute atomic E-state index is 13.4. The summed E-state index contributed by atoms with van der Waals surface area (Å²) in [5.74, 6) is -0.981. The van der Waals surface area contributed by atoms with Crippen LogP contribution >= 0.6 is 0 Å². The Morgan fingerprint density at radius 2 is 1.69 bits per heavy atom. The molecule has 0 radical (unpaired) electrons. The Hall–Kier alpha value is -2.49. The fourth-order valence-corrected chi connectivity index (χ4v) is 2.99. The summed E-state index contributed by atoms with van der Waals surface area (Å²) in [7, 11) is 0. The SMILES string of the molecule is C=C(Cc1c(F)cccc1F)CC(C)(C)C.C=CNc1cccc(CC(C)F)c1. The van der Waals surface area contributed by atoms with E-state index in [1.165, 1.54) is 18.2 Å². The summed E-state index contributed by atoms with van der Waals surface area (Å²) in [5.41, 5.74) is 3.03. The van der Waals surface area contributed by atoms with Gasteiger partial charge < -0.3 is 5.32 Å². The molecular formula is C25H32F3N. The van der Waals surface area contributed by atoms with Crippen molar-refractivity contribution in [1.82, 2.24) is 0 Å². The summed E-state index contributed by atoms with van der Waals surface area (Å²) in [6, 6.07) is 11.6. The lowest BCUT2D eigenvalue weighted by atomic mass is 9.86. The van der Waals surface area contributed by atoms with Crippen LogP contribution in [0.5, 0.6) is 0 Å². The molecule has 1 unspecified atom stereocenters.